The molecule has 4 rings (SSSR count). The van der Waals surface area contributed by atoms with E-state index >= 15 is 0 Å². The van der Waals surface area contributed by atoms with Gasteiger partial charge in [-0.1, -0.05) is 60.2 Å². The number of benzene rings is 4. The van der Waals surface area contributed by atoms with E-state index in [1.165, 1.54) is 25.5 Å². The van der Waals surface area contributed by atoms with E-state index in [1.54, 1.807) is 61.5 Å². The van der Waals surface area contributed by atoms with Crippen molar-refractivity contribution in [1.29, 1.82) is 0 Å². The number of hydrogen-bond donors (Lipinski definition) is 1. The molecule has 10 heteroatoms. The summed E-state index contributed by atoms with van der Waals surface area (Å²) < 4.78 is 45.5. The molecule has 4 aromatic rings. The summed E-state index contributed by atoms with van der Waals surface area (Å²) >= 11 is 0. The molecule has 0 radical (unpaired) electrons. The first-order valence-electron chi connectivity index (χ1n) is 13.3. The van der Waals surface area contributed by atoms with Crippen molar-refractivity contribution in [2.24, 2.45) is 5.10 Å². The minimum Gasteiger partial charge on any atom is -0.493 e. The number of sulfonamides is 1. The Hall–Kier alpha value is -4.83. The molecule has 0 atom stereocenters. The Kier molecular flexibility index (Phi) is 10.2. The molecular weight excluding hydrogens is 554 g/mol. The minimum absolute atomic E-state index is 0.0531. The molecule has 0 aliphatic carbocycles. The highest BCUT2D eigenvalue weighted by atomic mass is 32.2. The first-order valence-corrected chi connectivity index (χ1v) is 14.7. The molecule has 0 heterocycles. The van der Waals surface area contributed by atoms with Crippen molar-refractivity contribution in [2.75, 3.05) is 24.6 Å². The number of carbonyl (C=O) groups excluding carboxylic acids is 1. The van der Waals surface area contributed by atoms with E-state index in [-0.39, 0.29) is 10.6 Å². The van der Waals surface area contributed by atoms with Gasteiger partial charge in [0.05, 0.1) is 30.5 Å². The summed E-state index contributed by atoms with van der Waals surface area (Å²) in [5.41, 5.74) is 5.25. The topological polar surface area (TPSA) is 107 Å². The fourth-order valence-electron chi connectivity index (χ4n) is 4.04. The molecule has 0 fully saturated rings. The number of ether oxygens (including phenoxy) is 3. The maximum absolute atomic E-state index is 13.7. The minimum atomic E-state index is -4.11. The summed E-state index contributed by atoms with van der Waals surface area (Å²) in [4.78, 5) is 13.1. The van der Waals surface area contributed by atoms with Gasteiger partial charge in [0, 0.05) is 0 Å². The molecule has 1 amide bonds. The monoisotopic (exact) mass is 587 g/mol. The molecule has 0 spiro atoms. The van der Waals surface area contributed by atoms with Crippen molar-refractivity contribution in [3.05, 3.63) is 114 Å². The van der Waals surface area contributed by atoms with Gasteiger partial charge in [0.1, 0.15) is 18.9 Å². The average Bonchev–Trinajstić information content (AvgIpc) is 3.00. The molecule has 0 saturated carbocycles. The number of carbonyl (C=O) groups is 1. The number of aryl methyl sites for hydroxylation is 1. The molecule has 0 bridgehead atoms. The summed E-state index contributed by atoms with van der Waals surface area (Å²) in [6.07, 6.45) is 1.44. The Bertz CT molecular complexity index is 1620. The van der Waals surface area contributed by atoms with Gasteiger partial charge in [-0.25, -0.2) is 13.8 Å². The van der Waals surface area contributed by atoms with Gasteiger partial charge in [0.2, 0.25) is 0 Å². The van der Waals surface area contributed by atoms with Crippen LogP contribution < -0.4 is 23.9 Å². The molecule has 0 aliphatic rings. The third-order valence-electron chi connectivity index (χ3n) is 6.16. The second-order valence-corrected chi connectivity index (χ2v) is 11.1. The van der Waals surface area contributed by atoms with Gasteiger partial charge in [-0.05, 0) is 67.4 Å². The molecule has 0 aromatic heterocycles. The number of anilines is 1. The van der Waals surface area contributed by atoms with Crippen LogP contribution in [0.25, 0.3) is 0 Å². The Morgan fingerprint density at radius 1 is 0.881 bits per heavy atom. The lowest BCUT2D eigenvalue weighted by molar-refractivity contribution is -0.119. The van der Waals surface area contributed by atoms with Gasteiger partial charge in [-0.3, -0.25) is 9.10 Å². The van der Waals surface area contributed by atoms with Crippen molar-refractivity contribution in [1.82, 2.24) is 5.43 Å². The van der Waals surface area contributed by atoms with Crippen LogP contribution in [0.15, 0.2) is 107 Å². The normalized spacial score (nSPS) is 11.2. The van der Waals surface area contributed by atoms with Crippen LogP contribution in [0.1, 0.15) is 23.6 Å². The van der Waals surface area contributed by atoms with Crippen LogP contribution in [-0.4, -0.2) is 40.8 Å². The molecule has 4 aromatic carbocycles. The van der Waals surface area contributed by atoms with Gasteiger partial charge in [-0.15, -0.1) is 0 Å². The van der Waals surface area contributed by atoms with Crippen LogP contribution in [0.3, 0.4) is 0 Å². The van der Waals surface area contributed by atoms with Crippen LogP contribution in [0.4, 0.5) is 5.69 Å². The predicted octanol–water partition coefficient (Wildman–Crippen LogP) is 5.33. The summed E-state index contributed by atoms with van der Waals surface area (Å²) in [5.74, 6) is 0.772. The first kappa shape index (κ1) is 30.1. The number of nitrogens with zero attached hydrogens (tertiary/aromatic N) is 2. The Morgan fingerprint density at radius 2 is 1.60 bits per heavy atom. The van der Waals surface area contributed by atoms with Crippen molar-refractivity contribution >= 4 is 27.8 Å². The molecular formula is C32H33N3O6S. The van der Waals surface area contributed by atoms with E-state index < -0.39 is 22.5 Å². The van der Waals surface area contributed by atoms with Crippen LogP contribution in [0, 0.1) is 6.92 Å². The molecule has 9 nitrogen and oxygen atoms in total. The molecule has 0 aliphatic heterocycles. The summed E-state index contributed by atoms with van der Waals surface area (Å²) in [5, 5.41) is 4.04. The highest BCUT2D eigenvalue weighted by Crippen LogP contribution is 2.32. The molecule has 218 valence electrons. The number of hydrogen-bond acceptors (Lipinski definition) is 7. The summed E-state index contributed by atoms with van der Waals surface area (Å²) in [7, 11) is -2.57. The maximum atomic E-state index is 13.7. The molecule has 0 saturated heterocycles. The number of para-hydroxylation sites is 2. The molecule has 42 heavy (non-hydrogen) atoms. The molecule has 1 N–H and O–H groups in total. The van der Waals surface area contributed by atoms with Gasteiger partial charge in [0.15, 0.2) is 11.5 Å². The number of amides is 1. The van der Waals surface area contributed by atoms with Crippen LogP contribution in [0.2, 0.25) is 0 Å². The Morgan fingerprint density at radius 3 is 2.31 bits per heavy atom. The zero-order chi connectivity index (χ0) is 30.0. The second-order valence-electron chi connectivity index (χ2n) is 9.20. The Balaban J connectivity index is 1.50. The fraction of sp³-hybridized carbons (Fsp3) is 0.188. The third-order valence-corrected chi connectivity index (χ3v) is 7.93. The fourth-order valence-corrected chi connectivity index (χ4v) is 5.47. The SMILES string of the molecule is CCOc1ccccc1N(CC(=O)N/N=C\c1ccc(OCc2ccccc2)c(OC)c1)S(=O)(=O)c1ccc(C)cc1. The smallest absolute Gasteiger partial charge is 0.264 e. The van der Waals surface area contributed by atoms with E-state index in [0.717, 1.165) is 15.4 Å². The zero-order valence-electron chi connectivity index (χ0n) is 23.7. The van der Waals surface area contributed by atoms with Gasteiger partial charge >= 0.3 is 0 Å². The number of nitrogens with one attached hydrogen (secondary N) is 1. The standard InChI is InChI=1S/C32H33N3O6S/c1-4-40-29-13-9-8-12-28(29)35(42(37,38)27-17-14-24(2)15-18-27)22-32(36)34-33-21-26-16-19-30(31(20-26)39-3)41-23-25-10-6-5-7-11-25/h5-21H,4,22-23H2,1-3H3,(H,34,36)/b33-21-. The quantitative estimate of drug-likeness (QED) is 0.168. The van der Waals surface area contributed by atoms with Crippen molar-refractivity contribution < 1.29 is 27.4 Å². The van der Waals surface area contributed by atoms with E-state index in [1.807, 2.05) is 37.3 Å². The van der Waals surface area contributed by atoms with Gasteiger partial charge < -0.3 is 14.2 Å². The lowest BCUT2D eigenvalue weighted by Crippen LogP contribution is -2.39. The second kappa shape index (κ2) is 14.2. The van der Waals surface area contributed by atoms with Crippen molar-refractivity contribution in [2.45, 2.75) is 25.3 Å². The van der Waals surface area contributed by atoms with E-state index in [2.05, 4.69) is 10.5 Å². The largest absolute Gasteiger partial charge is 0.493 e. The van der Waals surface area contributed by atoms with Crippen LogP contribution in [-0.2, 0) is 21.4 Å². The van der Waals surface area contributed by atoms with E-state index in [4.69, 9.17) is 14.2 Å². The zero-order valence-corrected chi connectivity index (χ0v) is 24.5. The van der Waals surface area contributed by atoms with Gasteiger partial charge in [0.25, 0.3) is 15.9 Å². The number of rotatable bonds is 13. The van der Waals surface area contributed by atoms with E-state index in [9.17, 15) is 13.2 Å². The first-order chi connectivity index (χ1) is 20.3. The predicted molar refractivity (Wildman–Crippen MR) is 163 cm³/mol. The number of hydrazone groups is 1. The lowest BCUT2D eigenvalue weighted by Gasteiger charge is -2.25. The Labute approximate surface area is 246 Å². The highest BCUT2D eigenvalue weighted by Gasteiger charge is 2.29. The van der Waals surface area contributed by atoms with E-state index in [0.29, 0.717) is 36.0 Å². The highest BCUT2D eigenvalue weighted by molar-refractivity contribution is 7.92. The molecule has 0 unspecified atom stereocenters. The summed E-state index contributed by atoms with van der Waals surface area (Å²) in [6.45, 7) is 3.85. The summed E-state index contributed by atoms with van der Waals surface area (Å²) in [6, 6.07) is 28.1. The lowest BCUT2D eigenvalue weighted by atomic mass is 10.2. The van der Waals surface area contributed by atoms with Crippen LogP contribution in [0.5, 0.6) is 17.2 Å². The number of methoxy groups -OCH3 is 1. The third kappa shape index (κ3) is 7.67. The van der Waals surface area contributed by atoms with Crippen molar-refractivity contribution in [3.63, 3.8) is 0 Å². The van der Waals surface area contributed by atoms with Crippen molar-refractivity contribution in [3.8, 4) is 17.2 Å². The average molecular weight is 588 g/mol. The van der Waals surface area contributed by atoms with Gasteiger partial charge in [-0.2, -0.15) is 5.10 Å². The van der Waals surface area contributed by atoms with Crippen LogP contribution >= 0.6 is 0 Å². The maximum Gasteiger partial charge on any atom is 0.264 e.